The van der Waals surface area contributed by atoms with E-state index < -0.39 is 18.5 Å². The van der Waals surface area contributed by atoms with Crippen LogP contribution in [0.2, 0.25) is 0 Å². The number of esters is 1. The quantitative estimate of drug-likeness (QED) is 0.443. The van der Waals surface area contributed by atoms with Gasteiger partial charge in [0, 0.05) is 5.69 Å². The lowest BCUT2D eigenvalue weighted by Gasteiger charge is -2.15. The van der Waals surface area contributed by atoms with Gasteiger partial charge in [-0.3, -0.25) is 19.3 Å². The van der Waals surface area contributed by atoms with Crippen LogP contribution in [0.3, 0.4) is 0 Å². The predicted molar refractivity (Wildman–Crippen MR) is 119 cm³/mol. The number of allylic oxidation sites excluding steroid dienone is 2. The number of nitrogens with zero attached hydrogens (tertiary/aromatic N) is 1. The number of carbonyl (C=O) groups excluding carboxylic acids is 4. The molecule has 3 amide bonds. The van der Waals surface area contributed by atoms with Crippen LogP contribution in [0, 0.1) is 25.7 Å². The zero-order valence-electron chi connectivity index (χ0n) is 18.0. The number of imide groups is 1. The minimum atomic E-state index is -0.707. The van der Waals surface area contributed by atoms with E-state index in [1.807, 2.05) is 38.1 Å². The minimum Gasteiger partial charge on any atom is -0.452 e. The van der Waals surface area contributed by atoms with Crippen LogP contribution < -0.4 is 10.2 Å². The molecule has 4 rings (SSSR count). The van der Waals surface area contributed by atoms with Crippen LogP contribution in [-0.2, 0) is 19.1 Å². The monoisotopic (exact) mass is 432 g/mol. The van der Waals surface area contributed by atoms with E-state index in [1.165, 1.54) is 12.1 Å². The summed E-state index contributed by atoms with van der Waals surface area (Å²) in [5, 5.41) is 2.73. The van der Waals surface area contributed by atoms with E-state index in [9.17, 15) is 19.2 Å². The Balaban J connectivity index is 1.41. The summed E-state index contributed by atoms with van der Waals surface area (Å²) in [4.78, 5) is 51.4. The van der Waals surface area contributed by atoms with Crippen LogP contribution in [0.5, 0.6) is 0 Å². The Labute approximate surface area is 186 Å². The molecule has 0 aromatic heterocycles. The van der Waals surface area contributed by atoms with E-state index in [2.05, 4.69) is 5.32 Å². The lowest BCUT2D eigenvalue weighted by molar-refractivity contribution is -0.122. The van der Waals surface area contributed by atoms with E-state index in [0.29, 0.717) is 24.2 Å². The number of hydrogen-bond donors (Lipinski definition) is 1. The SMILES string of the molecule is Cc1cccc(NC(=O)COC(=O)c2cccc(N3C(=O)[C@@H]4CC=CC[C@H]4C3=O)c2)c1C. The maximum atomic E-state index is 12.8. The molecule has 0 saturated carbocycles. The second-order valence-electron chi connectivity index (χ2n) is 8.09. The molecule has 1 aliphatic carbocycles. The molecule has 1 heterocycles. The maximum absolute atomic E-state index is 12.8. The van der Waals surface area contributed by atoms with Crippen molar-refractivity contribution in [1.82, 2.24) is 0 Å². The van der Waals surface area contributed by atoms with Crippen molar-refractivity contribution < 1.29 is 23.9 Å². The fraction of sp³-hybridized carbons (Fsp3) is 0.280. The molecule has 0 spiro atoms. The van der Waals surface area contributed by atoms with Crippen molar-refractivity contribution in [3.05, 3.63) is 71.3 Å². The normalized spacial score (nSPS) is 19.6. The third-order valence-corrected chi connectivity index (χ3v) is 6.06. The topological polar surface area (TPSA) is 92.8 Å². The van der Waals surface area contributed by atoms with Crippen molar-refractivity contribution in [1.29, 1.82) is 0 Å². The van der Waals surface area contributed by atoms with Gasteiger partial charge in [-0.2, -0.15) is 0 Å². The third kappa shape index (κ3) is 4.06. The van der Waals surface area contributed by atoms with Crippen LogP contribution in [0.15, 0.2) is 54.6 Å². The molecule has 1 saturated heterocycles. The highest BCUT2D eigenvalue weighted by Gasteiger charge is 2.47. The highest BCUT2D eigenvalue weighted by atomic mass is 16.5. The number of nitrogens with one attached hydrogen (secondary N) is 1. The molecule has 2 aromatic rings. The van der Waals surface area contributed by atoms with Gasteiger partial charge in [0.05, 0.1) is 23.1 Å². The molecular weight excluding hydrogens is 408 g/mol. The smallest absolute Gasteiger partial charge is 0.338 e. The van der Waals surface area contributed by atoms with Crippen molar-refractivity contribution in [3.8, 4) is 0 Å². The van der Waals surface area contributed by atoms with Crippen LogP contribution >= 0.6 is 0 Å². The zero-order chi connectivity index (χ0) is 22.8. The average molecular weight is 432 g/mol. The van der Waals surface area contributed by atoms with Crippen molar-refractivity contribution >= 4 is 35.1 Å². The van der Waals surface area contributed by atoms with Gasteiger partial charge in [-0.25, -0.2) is 4.79 Å². The molecule has 32 heavy (non-hydrogen) atoms. The van der Waals surface area contributed by atoms with Crippen LogP contribution in [0.25, 0.3) is 0 Å². The third-order valence-electron chi connectivity index (χ3n) is 6.06. The van der Waals surface area contributed by atoms with E-state index in [4.69, 9.17) is 4.74 Å². The molecule has 1 fully saturated rings. The van der Waals surface area contributed by atoms with E-state index in [1.54, 1.807) is 18.2 Å². The zero-order valence-corrected chi connectivity index (χ0v) is 18.0. The summed E-state index contributed by atoms with van der Waals surface area (Å²) in [5.74, 6) is -2.36. The van der Waals surface area contributed by atoms with Gasteiger partial charge >= 0.3 is 5.97 Å². The van der Waals surface area contributed by atoms with Gasteiger partial charge in [-0.05, 0) is 62.1 Å². The van der Waals surface area contributed by atoms with Gasteiger partial charge in [0.15, 0.2) is 6.61 Å². The molecule has 0 bridgehead atoms. The Morgan fingerprint density at radius 3 is 2.34 bits per heavy atom. The molecule has 164 valence electrons. The van der Waals surface area contributed by atoms with Gasteiger partial charge in [0.2, 0.25) is 11.8 Å². The molecule has 0 unspecified atom stereocenters. The second kappa shape index (κ2) is 8.78. The molecule has 2 atom stereocenters. The maximum Gasteiger partial charge on any atom is 0.338 e. The Bertz CT molecular complexity index is 1110. The number of benzene rings is 2. The molecule has 7 nitrogen and oxygen atoms in total. The molecular formula is C25H24N2O5. The number of rotatable bonds is 5. The Morgan fingerprint density at radius 2 is 1.66 bits per heavy atom. The minimum absolute atomic E-state index is 0.163. The molecule has 2 aromatic carbocycles. The summed E-state index contributed by atoms with van der Waals surface area (Å²) in [6.45, 7) is 3.39. The first kappa shape index (κ1) is 21.5. The first-order chi connectivity index (χ1) is 15.4. The van der Waals surface area contributed by atoms with Crippen LogP contribution in [0.4, 0.5) is 11.4 Å². The van der Waals surface area contributed by atoms with E-state index in [-0.39, 0.29) is 29.2 Å². The van der Waals surface area contributed by atoms with E-state index in [0.717, 1.165) is 16.0 Å². The highest BCUT2D eigenvalue weighted by molar-refractivity contribution is 6.22. The predicted octanol–water partition coefficient (Wildman–Crippen LogP) is 3.55. The van der Waals surface area contributed by atoms with Gasteiger partial charge in [0.1, 0.15) is 0 Å². The molecule has 2 aliphatic rings. The fourth-order valence-corrected chi connectivity index (χ4v) is 4.11. The molecule has 1 N–H and O–H groups in total. The number of carbonyl (C=O) groups is 4. The van der Waals surface area contributed by atoms with Crippen molar-refractivity contribution in [2.75, 3.05) is 16.8 Å². The van der Waals surface area contributed by atoms with Crippen molar-refractivity contribution in [3.63, 3.8) is 0 Å². The van der Waals surface area contributed by atoms with Crippen molar-refractivity contribution in [2.24, 2.45) is 11.8 Å². The number of anilines is 2. The van der Waals surface area contributed by atoms with Crippen LogP contribution in [-0.4, -0.2) is 30.3 Å². The summed E-state index contributed by atoms with van der Waals surface area (Å²) in [6.07, 6.45) is 4.94. The molecule has 0 radical (unpaired) electrons. The van der Waals surface area contributed by atoms with Crippen LogP contribution in [0.1, 0.15) is 34.3 Å². The average Bonchev–Trinajstić information content (AvgIpc) is 3.05. The first-order valence-electron chi connectivity index (χ1n) is 10.5. The highest BCUT2D eigenvalue weighted by Crippen LogP contribution is 2.37. The Hall–Kier alpha value is -3.74. The first-order valence-corrected chi connectivity index (χ1v) is 10.5. The summed E-state index contributed by atoms with van der Waals surface area (Å²) in [7, 11) is 0. The van der Waals surface area contributed by atoms with Crippen molar-refractivity contribution in [2.45, 2.75) is 26.7 Å². The second-order valence-corrected chi connectivity index (χ2v) is 8.09. The molecule has 1 aliphatic heterocycles. The number of fused-ring (bicyclic) bond motifs is 1. The molecule has 7 heteroatoms. The van der Waals surface area contributed by atoms with Gasteiger partial charge in [-0.1, -0.05) is 30.4 Å². The number of hydrogen-bond acceptors (Lipinski definition) is 5. The largest absolute Gasteiger partial charge is 0.452 e. The lowest BCUT2D eigenvalue weighted by Crippen LogP contribution is -2.31. The summed E-state index contributed by atoms with van der Waals surface area (Å²) in [6, 6.07) is 11.7. The van der Waals surface area contributed by atoms with Gasteiger partial charge in [0.25, 0.3) is 5.91 Å². The van der Waals surface area contributed by atoms with Gasteiger partial charge in [-0.15, -0.1) is 0 Å². The number of aryl methyl sites for hydroxylation is 1. The summed E-state index contributed by atoms with van der Waals surface area (Å²) < 4.78 is 5.15. The summed E-state index contributed by atoms with van der Waals surface area (Å²) in [5.41, 5.74) is 3.14. The van der Waals surface area contributed by atoms with E-state index >= 15 is 0 Å². The summed E-state index contributed by atoms with van der Waals surface area (Å²) >= 11 is 0. The number of ether oxygens (including phenoxy) is 1. The number of amides is 3. The van der Waals surface area contributed by atoms with Gasteiger partial charge < -0.3 is 10.1 Å². The Morgan fingerprint density at radius 1 is 1.00 bits per heavy atom. The lowest BCUT2D eigenvalue weighted by atomic mass is 9.85. The standard InChI is InChI=1S/C25H24N2O5/c1-15-7-5-12-21(16(15)2)26-22(28)14-32-25(31)17-8-6-9-18(13-17)27-23(29)19-10-3-4-11-20(19)24(27)30/h3-9,12-13,19-20H,10-11,14H2,1-2H3,(H,26,28)/t19-,20-/m1/s1. The fourth-order valence-electron chi connectivity index (χ4n) is 4.11. The Kier molecular flexibility index (Phi) is 5.90.